The molecule has 1 saturated heterocycles. The number of aliphatic hydroxyl groups is 1. The molecule has 4 nitrogen and oxygen atoms in total. The van der Waals surface area contributed by atoms with Gasteiger partial charge in [0, 0.05) is 37.2 Å². The van der Waals surface area contributed by atoms with E-state index in [2.05, 4.69) is 48.6 Å². The van der Waals surface area contributed by atoms with E-state index < -0.39 is 6.10 Å². The largest absolute Gasteiger partial charge is 0.490 e. The standard InChI is InChI=1S/C15H22Br2N2O2/c1-2-18-5-7-19(8-6-18)10-13(20)11-21-15-4-3-12(16)9-14(15)17/h3-4,9,13,20H,2,5-8,10-11H2,1H3/t13-/m0/s1. The van der Waals surface area contributed by atoms with Crippen LogP contribution in [0.15, 0.2) is 27.1 Å². The molecule has 1 aliphatic rings. The number of β-amino-alcohol motifs (C(OH)–C–C–N with tert-alkyl or cyclic N) is 1. The van der Waals surface area contributed by atoms with Crippen LogP contribution in [-0.2, 0) is 0 Å². The second-order valence-corrected chi connectivity index (χ2v) is 7.04. The van der Waals surface area contributed by atoms with E-state index in [1.54, 1.807) is 0 Å². The van der Waals surface area contributed by atoms with Crippen molar-refractivity contribution in [1.29, 1.82) is 0 Å². The lowest BCUT2D eigenvalue weighted by Gasteiger charge is -2.34. The van der Waals surface area contributed by atoms with E-state index in [0.29, 0.717) is 13.2 Å². The molecule has 21 heavy (non-hydrogen) atoms. The molecule has 0 unspecified atom stereocenters. The predicted molar refractivity (Wildman–Crippen MR) is 91.9 cm³/mol. The predicted octanol–water partition coefficient (Wildman–Crippen LogP) is 2.59. The normalized spacial score (nSPS) is 18.7. The molecular formula is C15H22Br2N2O2. The minimum Gasteiger partial charge on any atom is -0.490 e. The van der Waals surface area contributed by atoms with E-state index in [0.717, 1.165) is 47.4 Å². The van der Waals surface area contributed by atoms with Crippen LogP contribution >= 0.6 is 31.9 Å². The van der Waals surface area contributed by atoms with Gasteiger partial charge in [0.05, 0.1) is 4.47 Å². The summed E-state index contributed by atoms with van der Waals surface area (Å²) in [5, 5.41) is 10.1. The van der Waals surface area contributed by atoms with Gasteiger partial charge >= 0.3 is 0 Å². The summed E-state index contributed by atoms with van der Waals surface area (Å²) in [5.41, 5.74) is 0. The van der Waals surface area contributed by atoms with Crippen molar-refractivity contribution in [3.63, 3.8) is 0 Å². The van der Waals surface area contributed by atoms with Gasteiger partial charge in [-0.2, -0.15) is 0 Å². The van der Waals surface area contributed by atoms with Crippen molar-refractivity contribution >= 4 is 31.9 Å². The molecule has 1 N–H and O–H groups in total. The van der Waals surface area contributed by atoms with Gasteiger partial charge in [-0.05, 0) is 40.7 Å². The van der Waals surface area contributed by atoms with E-state index in [-0.39, 0.29) is 0 Å². The Labute approximate surface area is 143 Å². The summed E-state index contributed by atoms with van der Waals surface area (Å²) in [6.45, 7) is 8.50. The molecular weight excluding hydrogens is 400 g/mol. The zero-order valence-electron chi connectivity index (χ0n) is 12.3. The van der Waals surface area contributed by atoms with E-state index in [4.69, 9.17) is 4.74 Å². The third kappa shape index (κ3) is 5.53. The monoisotopic (exact) mass is 420 g/mol. The average Bonchev–Trinajstić information content (AvgIpc) is 2.47. The Balaban J connectivity index is 1.73. The lowest BCUT2D eigenvalue weighted by Crippen LogP contribution is -2.49. The van der Waals surface area contributed by atoms with Crippen LogP contribution in [-0.4, -0.2) is 66.9 Å². The Hall–Kier alpha value is -0.140. The Kier molecular flexibility index (Phi) is 6.95. The first-order valence-electron chi connectivity index (χ1n) is 7.29. The number of halogens is 2. The zero-order chi connectivity index (χ0) is 15.2. The van der Waals surface area contributed by atoms with Gasteiger partial charge in [-0.15, -0.1) is 0 Å². The fourth-order valence-electron chi connectivity index (χ4n) is 2.42. The topological polar surface area (TPSA) is 35.9 Å². The molecule has 0 radical (unpaired) electrons. The lowest BCUT2D eigenvalue weighted by atomic mass is 10.2. The molecule has 0 spiro atoms. The fraction of sp³-hybridized carbons (Fsp3) is 0.600. The Morgan fingerprint density at radius 2 is 1.86 bits per heavy atom. The summed E-state index contributed by atoms with van der Waals surface area (Å²) in [4.78, 5) is 4.73. The molecule has 1 aromatic rings. The SMILES string of the molecule is CCN1CCN(C[C@H](O)COc2ccc(Br)cc2Br)CC1. The van der Waals surface area contributed by atoms with Gasteiger partial charge in [-0.25, -0.2) is 0 Å². The van der Waals surface area contributed by atoms with Crippen LogP contribution < -0.4 is 4.74 Å². The number of aliphatic hydroxyl groups excluding tert-OH is 1. The maximum atomic E-state index is 10.1. The molecule has 1 heterocycles. The third-order valence-corrected chi connectivity index (χ3v) is 4.82. The van der Waals surface area contributed by atoms with Gasteiger partial charge in [-0.3, -0.25) is 4.90 Å². The first-order valence-corrected chi connectivity index (χ1v) is 8.87. The number of piperazine rings is 1. The second kappa shape index (κ2) is 8.48. The Morgan fingerprint density at radius 3 is 2.48 bits per heavy atom. The Morgan fingerprint density at radius 1 is 1.19 bits per heavy atom. The highest BCUT2D eigenvalue weighted by molar-refractivity contribution is 9.11. The lowest BCUT2D eigenvalue weighted by molar-refractivity contribution is 0.0469. The highest BCUT2D eigenvalue weighted by Crippen LogP contribution is 2.28. The van der Waals surface area contributed by atoms with Crippen molar-refractivity contribution in [2.75, 3.05) is 45.9 Å². The first-order chi connectivity index (χ1) is 10.1. The number of hydrogen-bond donors (Lipinski definition) is 1. The highest BCUT2D eigenvalue weighted by Gasteiger charge is 2.18. The molecule has 0 aromatic heterocycles. The number of likely N-dealkylation sites (N-methyl/N-ethyl adjacent to an activating group) is 1. The summed E-state index contributed by atoms with van der Waals surface area (Å²) >= 11 is 6.86. The van der Waals surface area contributed by atoms with Gasteiger partial charge < -0.3 is 14.7 Å². The minimum atomic E-state index is -0.464. The number of hydrogen-bond acceptors (Lipinski definition) is 4. The van der Waals surface area contributed by atoms with Gasteiger partial charge in [0.15, 0.2) is 0 Å². The molecule has 6 heteroatoms. The number of ether oxygens (including phenoxy) is 1. The number of nitrogens with zero attached hydrogens (tertiary/aromatic N) is 2. The van der Waals surface area contributed by atoms with Crippen molar-refractivity contribution in [2.45, 2.75) is 13.0 Å². The molecule has 2 rings (SSSR count). The van der Waals surface area contributed by atoms with Crippen LogP contribution in [0.4, 0.5) is 0 Å². The number of rotatable bonds is 6. The highest BCUT2D eigenvalue weighted by atomic mass is 79.9. The van der Waals surface area contributed by atoms with Crippen molar-refractivity contribution in [1.82, 2.24) is 9.80 Å². The molecule has 1 aromatic carbocycles. The van der Waals surface area contributed by atoms with Crippen LogP contribution in [0.5, 0.6) is 5.75 Å². The van der Waals surface area contributed by atoms with E-state index in [1.807, 2.05) is 18.2 Å². The van der Waals surface area contributed by atoms with Crippen LogP contribution in [0, 0.1) is 0 Å². The second-order valence-electron chi connectivity index (χ2n) is 5.27. The first kappa shape index (κ1) is 17.2. The van der Waals surface area contributed by atoms with Gasteiger partial charge in [0.2, 0.25) is 0 Å². The summed E-state index contributed by atoms with van der Waals surface area (Å²) in [6.07, 6.45) is -0.464. The zero-order valence-corrected chi connectivity index (χ0v) is 15.4. The molecule has 0 saturated carbocycles. The van der Waals surface area contributed by atoms with Crippen LogP contribution in [0.1, 0.15) is 6.92 Å². The average molecular weight is 422 g/mol. The summed E-state index contributed by atoms with van der Waals surface area (Å²) in [7, 11) is 0. The van der Waals surface area contributed by atoms with E-state index in [9.17, 15) is 5.11 Å². The third-order valence-electron chi connectivity index (χ3n) is 3.71. The van der Waals surface area contributed by atoms with E-state index in [1.165, 1.54) is 0 Å². The van der Waals surface area contributed by atoms with Gasteiger partial charge in [0.25, 0.3) is 0 Å². The van der Waals surface area contributed by atoms with Gasteiger partial charge in [0.1, 0.15) is 18.5 Å². The van der Waals surface area contributed by atoms with E-state index >= 15 is 0 Å². The molecule has 0 aliphatic carbocycles. The molecule has 118 valence electrons. The minimum absolute atomic E-state index is 0.314. The molecule has 1 aliphatic heterocycles. The van der Waals surface area contributed by atoms with Crippen LogP contribution in [0.2, 0.25) is 0 Å². The van der Waals surface area contributed by atoms with Crippen molar-refractivity contribution in [2.24, 2.45) is 0 Å². The summed E-state index contributed by atoms with van der Waals surface area (Å²) < 4.78 is 7.57. The Bertz CT molecular complexity index is 451. The summed E-state index contributed by atoms with van der Waals surface area (Å²) in [6, 6.07) is 5.75. The van der Waals surface area contributed by atoms with Crippen molar-refractivity contribution in [3.8, 4) is 5.75 Å². The molecule has 1 fully saturated rings. The van der Waals surface area contributed by atoms with Crippen molar-refractivity contribution < 1.29 is 9.84 Å². The maximum Gasteiger partial charge on any atom is 0.133 e. The van der Waals surface area contributed by atoms with Crippen molar-refractivity contribution in [3.05, 3.63) is 27.1 Å². The van der Waals surface area contributed by atoms with Crippen LogP contribution in [0.3, 0.4) is 0 Å². The quantitative estimate of drug-likeness (QED) is 0.765. The number of benzene rings is 1. The van der Waals surface area contributed by atoms with Crippen LogP contribution in [0.25, 0.3) is 0 Å². The smallest absolute Gasteiger partial charge is 0.133 e. The maximum absolute atomic E-state index is 10.1. The molecule has 1 atom stereocenters. The van der Waals surface area contributed by atoms with Gasteiger partial charge in [-0.1, -0.05) is 22.9 Å². The molecule has 0 bridgehead atoms. The summed E-state index contributed by atoms with van der Waals surface area (Å²) in [5.74, 6) is 0.757. The molecule has 0 amide bonds. The fourth-order valence-corrected chi connectivity index (χ4v) is 3.58.